The molecule has 2 rings (SSSR count). The van der Waals surface area contributed by atoms with Crippen LogP contribution in [0, 0.1) is 6.92 Å². The van der Waals surface area contributed by atoms with E-state index in [9.17, 15) is 0 Å². The number of halogens is 1. The maximum Gasteiger partial charge on any atom is 0.0629 e. The summed E-state index contributed by atoms with van der Waals surface area (Å²) in [5.41, 5.74) is 7.73. The molecule has 2 N–H and O–H groups in total. The third-order valence-electron chi connectivity index (χ3n) is 2.23. The van der Waals surface area contributed by atoms with Crippen molar-refractivity contribution in [1.29, 1.82) is 0 Å². The van der Waals surface area contributed by atoms with Gasteiger partial charge in [-0.15, -0.1) is 0 Å². The monoisotopic (exact) mass is 297 g/mol. The van der Waals surface area contributed by atoms with Gasteiger partial charge in [-0.05, 0) is 40.5 Å². The van der Waals surface area contributed by atoms with Gasteiger partial charge < -0.3 is 5.73 Å². The molecule has 3 nitrogen and oxygen atoms in total. The standard InChI is InChI=1S/C11H12BrN3S/c1-7-3-11(9(12)4-10(7)13)16-8-5-14-15(2)6-8/h3-6H,13H2,1-2H3. The van der Waals surface area contributed by atoms with E-state index in [0.717, 1.165) is 25.5 Å². The van der Waals surface area contributed by atoms with Gasteiger partial charge in [-0.1, -0.05) is 11.8 Å². The van der Waals surface area contributed by atoms with E-state index in [2.05, 4.69) is 27.1 Å². The van der Waals surface area contributed by atoms with E-state index in [1.165, 1.54) is 0 Å². The van der Waals surface area contributed by atoms with Crippen molar-refractivity contribution in [3.8, 4) is 0 Å². The zero-order chi connectivity index (χ0) is 11.7. The van der Waals surface area contributed by atoms with E-state index in [1.807, 2.05) is 32.4 Å². The van der Waals surface area contributed by atoms with Crippen molar-refractivity contribution in [2.24, 2.45) is 7.05 Å². The van der Waals surface area contributed by atoms with Gasteiger partial charge in [0.15, 0.2) is 0 Å². The fourth-order valence-corrected chi connectivity index (χ4v) is 2.88. The Morgan fingerprint density at radius 2 is 2.19 bits per heavy atom. The van der Waals surface area contributed by atoms with Crippen molar-refractivity contribution < 1.29 is 0 Å². The lowest BCUT2D eigenvalue weighted by Gasteiger charge is -2.06. The van der Waals surface area contributed by atoms with Crippen molar-refractivity contribution in [2.45, 2.75) is 16.7 Å². The van der Waals surface area contributed by atoms with E-state index in [-0.39, 0.29) is 0 Å². The predicted molar refractivity (Wildman–Crippen MR) is 70.6 cm³/mol. The molecule has 0 atom stereocenters. The smallest absolute Gasteiger partial charge is 0.0629 e. The molecular formula is C11H12BrN3S. The SMILES string of the molecule is Cc1cc(Sc2cnn(C)c2)c(Br)cc1N. The van der Waals surface area contributed by atoms with E-state index in [0.29, 0.717) is 0 Å². The minimum atomic E-state index is 0.808. The molecular weight excluding hydrogens is 286 g/mol. The third kappa shape index (κ3) is 2.41. The number of nitrogens with zero attached hydrogens (tertiary/aromatic N) is 2. The van der Waals surface area contributed by atoms with Gasteiger partial charge in [-0.3, -0.25) is 4.68 Å². The van der Waals surface area contributed by atoms with Crippen LogP contribution < -0.4 is 5.73 Å². The number of nitrogen functional groups attached to an aromatic ring is 1. The number of hydrogen-bond acceptors (Lipinski definition) is 3. The zero-order valence-electron chi connectivity index (χ0n) is 9.07. The molecule has 84 valence electrons. The second-order valence-corrected chi connectivity index (χ2v) is 5.56. The Labute approximate surface area is 107 Å². The van der Waals surface area contributed by atoms with Crippen LogP contribution in [0.2, 0.25) is 0 Å². The fraction of sp³-hybridized carbons (Fsp3) is 0.182. The Hall–Kier alpha value is -0.940. The normalized spacial score (nSPS) is 10.7. The van der Waals surface area contributed by atoms with Gasteiger partial charge in [0.1, 0.15) is 0 Å². The van der Waals surface area contributed by atoms with E-state index in [1.54, 1.807) is 16.4 Å². The number of aryl methyl sites for hydroxylation is 2. The molecule has 0 aliphatic heterocycles. The quantitative estimate of drug-likeness (QED) is 0.866. The van der Waals surface area contributed by atoms with Crippen LogP contribution in [0.25, 0.3) is 0 Å². The highest BCUT2D eigenvalue weighted by molar-refractivity contribution is 9.10. The van der Waals surface area contributed by atoms with E-state index in [4.69, 9.17) is 5.73 Å². The first-order valence-corrected chi connectivity index (χ1v) is 6.39. The first-order valence-electron chi connectivity index (χ1n) is 4.78. The highest BCUT2D eigenvalue weighted by Crippen LogP contribution is 2.35. The molecule has 0 saturated heterocycles. The van der Waals surface area contributed by atoms with Gasteiger partial charge in [0.2, 0.25) is 0 Å². The van der Waals surface area contributed by atoms with Gasteiger partial charge in [-0.2, -0.15) is 5.10 Å². The highest BCUT2D eigenvalue weighted by atomic mass is 79.9. The topological polar surface area (TPSA) is 43.8 Å². The summed E-state index contributed by atoms with van der Waals surface area (Å²) >= 11 is 5.19. The van der Waals surface area contributed by atoms with Crippen LogP contribution in [-0.2, 0) is 7.05 Å². The zero-order valence-corrected chi connectivity index (χ0v) is 11.5. The Morgan fingerprint density at radius 3 is 2.81 bits per heavy atom. The molecule has 2 aromatic rings. The fourth-order valence-electron chi connectivity index (χ4n) is 1.33. The predicted octanol–water partition coefficient (Wildman–Crippen LogP) is 3.22. The van der Waals surface area contributed by atoms with Crippen LogP contribution in [0.15, 0.2) is 38.8 Å². The van der Waals surface area contributed by atoms with Crippen molar-refractivity contribution in [3.05, 3.63) is 34.6 Å². The van der Waals surface area contributed by atoms with Gasteiger partial charge in [-0.25, -0.2) is 0 Å². The number of benzene rings is 1. The summed E-state index contributed by atoms with van der Waals surface area (Å²) in [6.45, 7) is 2.01. The third-order valence-corrected chi connectivity index (χ3v) is 4.15. The first-order chi connectivity index (χ1) is 7.56. The van der Waals surface area contributed by atoms with Gasteiger partial charge >= 0.3 is 0 Å². The second kappa shape index (κ2) is 4.51. The molecule has 0 bridgehead atoms. The molecule has 0 saturated carbocycles. The average molecular weight is 298 g/mol. The van der Waals surface area contributed by atoms with Crippen LogP contribution in [0.5, 0.6) is 0 Å². The summed E-state index contributed by atoms with van der Waals surface area (Å²) in [6.07, 6.45) is 3.84. The Balaban J connectivity index is 2.31. The first kappa shape index (κ1) is 11.5. The minimum absolute atomic E-state index is 0.808. The Morgan fingerprint density at radius 1 is 1.44 bits per heavy atom. The molecule has 0 radical (unpaired) electrons. The molecule has 1 aromatic carbocycles. The Bertz CT molecular complexity index is 522. The highest BCUT2D eigenvalue weighted by Gasteiger charge is 2.06. The largest absolute Gasteiger partial charge is 0.398 e. The summed E-state index contributed by atoms with van der Waals surface area (Å²) in [7, 11) is 1.91. The van der Waals surface area contributed by atoms with Crippen LogP contribution in [0.3, 0.4) is 0 Å². The number of aromatic nitrogens is 2. The van der Waals surface area contributed by atoms with Crippen molar-refractivity contribution in [1.82, 2.24) is 9.78 Å². The molecule has 0 aliphatic rings. The molecule has 1 heterocycles. The van der Waals surface area contributed by atoms with Crippen LogP contribution >= 0.6 is 27.7 Å². The lowest BCUT2D eigenvalue weighted by Crippen LogP contribution is -1.90. The summed E-state index contributed by atoms with van der Waals surface area (Å²) in [4.78, 5) is 2.27. The van der Waals surface area contributed by atoms with Crippen molar-refractivity contribution >= 4 is 33.4 Å². The number of rotatable bonds is 2. The van der Waals surface area contributed by atoms with Gasteiger partial charge in [0.25, 0.3) is 0 Å². The van der Waals surface area contributed by atoms with Gasteiger partial charge in [0, 0.05) is 28.3 Å². The lowest BCUT2D eigenvalue weighted by molar-refractivity contribution is 0.766. The maximum absolute atomic E-state index is 5.83. The van der Waals surface area contributed by atoms with Crippen LogP contribution in [0.1, 0.15) is 5.56 Å². The van der Waals surface area contributed by atoms with Gasteiger partial charge in [0.05, 0.1) is 11.1 Å². The van der Waals surface area contributed by atoms with Crippen LogP contribution in [-0.4, -0.2) is 9.78 Å². The lowest BCUT2D eigenvalue weighted by atomic mass is 10.2. The molecule has 5 heteroatoms. The van der Waals surface area contributed by atoms with Crippen LogP contribution in [0.4, 0.5) is 5.69 Å². The number of nitrogens with two attached hydrogens (primary N) is 1. The number of anilines is 1. The maximum atomic E-state index is 5.83. The van der Waals surface area contributed by atoms with Crippen molar-refractivity contribution in [3.63, 3.8) is 0 Å². The number of hydrogen-bond donors (Lipinski definition) is 1. The molecule has 16 heavy (non-hydrogen) atoms. The molecule has 0 aliphatic carbocycles. The second-order valence-electron chi connectivity index (χ2n) is 3.59. The molecule has 0 amide bonds. The molecule has 1 aromatic heterocycles. The summed E-state index contributed by atoms with van der Waals surface area (Å²) in [6, 6.07) is 4.02. The molecule has 0 spiro atoms. The molecule has 0 fully saturated rings. The minimum Gasteiger partial charge on any atom is -0.398 e. The van der Waals surface area contributed by atoms with E-state index >= 15 is 0 Å². The average Bonchev–Trinajstić information content (AvgIpc) is 2.60. The molecule has 0 unspecified atom stereocenters. The summed E-state index contributed by atoms with van der Waals surface area (Å²) < 4.78 is 2.81. The summed E-state index contributed by atoms with van der Waals surface area (Å²) in [5, 5.41) is 4.14. The van der Waals surface area contributed by atoms with E-state index < -0.39 is 0 Å². The van der Waals surface area contributed by atoms with Crippen molar-refractivity contribution in [2.75, 3.05) is 5.73 Å². The summed E-state index contributed by atoms with van der Waals surface area (Å²) in [5.74, 6) is 0. The Kier molecular flexibility index (Phi) is 3.25.